The van der Waals surface area contributed by atoms with Crippen LogP contribution in [0.2, 0.25) is 5.02 Å². The first-order valence-corrected chi connectivity index (χ1v) is 9.58. The lowest BCUT2D eigenvalue weighted by Crippen LogP contribution is -2.61. The largest absolute Gasteiger partial charge is 0.362 e. The van der Waals surface area contributed by atoms with Crippen molar-refractivity contribution >= 4 is 23.2 Å². The van der Waals surface area contributed by atoms with Gasteiger partial charge in [-0.25, -0.2) is 4.39 Å². The molecular formula is C21H22ClFN2O2. The zero-order valence-electron chi connectivity index (χ0n) is 15.0. The van der Waals surface area contributed by atoms with Gasteiger partial charge in [0.15, 0.2) is 0 Å². The Morgan fingerprint density at radius 3 is 2.74 bits per heavy atom. The molecule has 0 N–H and O–H groups in total. The normalized spacial score (nSPS) is 23.8. The molecule has 2 heterocycles. The van der Waals surface area contributed by atoms with Crippen LogP contribution in [0.5, 0.6) is 0 Å². The fourth-order valence-electron chi connectivity index (χ4n) is 4.01. The fourth-order valence-corrected chi connectivity index (χ4v) is 4.14. The molecule has 4 rings (SSSR count). The van der Waals surface area contributed by atoms with E-state index in [4.69, 9.17) is 16.3 Å². The Hall–Kier alpha value is -1.95. The van der Waals surface area contributed by atoms with Gasteiger partial charge in [0.05, 0.1) is 12.1 Å². The molecule has 2 fully saturated rings. The van der Waals surface area contributed by atoms with Crippen molar-refractivity contribution in [3.63, 3.8) is 0 Å². The maximum absolute atomic E-state index is 13.6. The highest BCUT2D eigenvalue weighted by Gasteiger charge is 2.43. The minimum atomic E-state index is -0.412. The molecule has 0 saturated carbocycles. The summed E-state index contributed by atoms with van der Waals surface area (Å²) in [6, 6.07) is 14.1. The first kappa shape index (κ1) is 18.4. The fraction of sp³-hybridized carbons (Fsp3) is 0.381. The van der Waals surface area contributed by atoms with Crippen LogP contribution in [-0.2, 0) is 16.1 Å². The SMILES string of the molecule is O=C1COC2(CCCN(Cc3ccc(Cl)cc3)C2)CN1c1cccc(F)c1. The molecule has 1 spiro atoms. The number of carbonyl (C=O) groups excluding carboxylic acids is 1. The summed E-state index contributed by atoms with van der Waals surface area (Å²) in [7, 11) is 0. The molecule has 1 unspecified atom stereocenters. The Kier molecular flexibility index (Phi) is 5.17. The Bertz CT molecular complexity index is 829. The predicted molar refractivity (Wildman–Crippen MR) is 103 cm³/mol. The van der Waals surface area contributed by atoms with Gasteiger partial charge in [-0.1, -0.05) is 29.8 Å². The van der Waals surface area contributed by atoms with E-state index in [1.165, 1.54) is 17.7 Å². The lowest BCUT2D eigenvalue weighted by atomic mass is 9.90. The van der Waals surface area contributed by atoms with Crippen LogP contribution in [0.4, 0.5) is 10.1 Å². The van der Waals surface area contributed by atoms with E-state index in [0.717, 1.165) is 37.5 Å². The highest BCUT2D eigenvalue weighted by Crippen LogP contribution is 2.32. The number of anilines is 1. The quantitative estimate of drug-likeness (QED) is 0.800. The van der Waals surface area contributed by atoms with Crippen LogP contribution >= 0.6 is 11.6 Å². The summed E-state index contributed by atoms with van der Waals surface area (Å²) in [5, 5.41) is 0.730. The molecule has 2 saturated heterocycles. The van der Waals surface area contributed by atoms with Crippen LogP contribution in [-0.4, -0.2) is 42.6 Å². The van der Waals surface area contributed by atoms with E-state index in [2.05, 4.69) is 4.90 Å². The summed E-state index contributed by atoms with van der Waals surface area (Å²) < 4.78 is 19.7. The standard InChI is InChI=1S/C21H22ClFN2O2/c22-17-7-5-16(6-8-17)12-24-10-2-9-21(14-24)15-25(20(26)13-27-21)19-4-1-3-18(23)11-19/h1,3-8,11H,2,9-10,12-15H2. The molecule has 2 aliphatic rings. The third-order valence-corrected chi connectivity index (χ3v) is 5.56. The minimum absolute atomic E-state index is 0.0330. The number of hydrogen-bond donors (Lipinski definition) is 0. The number of benzene rings is 2. The van der Waals surface area contributed by atoms with Gasteiger partial charge in [-0.05, 0) is 55.3 Å². The maximum atomic E-state index is 13.6. The van der Waals surface area contributed by atoms with Crippen LogP contribution < -0.4 is 4.90 Å². The molecule has 142 valence electrons. The summed E-state index contributed by atoms with van der Waals surface area (Å²) >= 11 is 5.97. The number of ether oxygens (including phenoxy) is 1. The Morgan fingerprint density at radius 2 is 1.96 bits per heavy atom. The second kappa shape index (κ2) is 7.58. The van der Waals surface area contributed by atoms with Crippen LogP contribution in [0.3, 0.4) is 0 Å². The molecular weight excluding hydrogens is 367 g/mol. The summed E-state index contributed by atoms with van der Waals surface area (Å²) in [4.78, 5) is 16.4. The average molecular weight is 389 g/mol. The monoisotopic (exact) mass is 388 g/mol. The molecule has 2 aromatic carbocycles. The van der Waals surface area contributed by atoms with Crippen LogP contribution in [0.25, 0.3) is 0 Å². The number of morpholine rings is 1. The van der Waals surface area contributed by atoms with E-state index in [0.29, 0.717) is 12.2 Å². The van der Waals surface area contributed by atoms with Gasteiger partial charge >= 0.3 is 0 Å². The molecule has 4 nitrogen and oxygen atoms in total. The topological polar surface area (TPSA) is 32.8 Å². The van der Waals surface area contributed by atoms with Gasteiger partial charge in [0, 0.05) is 23.8 Å². The van der Waals surface area contributed by atoms with Gasteiger partial charge in [0.1, 0.15) is 12.4 Å². The van der Waals surface area contributed by atoms with Crippen molar-refractivity contribution < 1.29 is 13.9 Å². The lowest BCUT2D eigenvalue weighted by molar-refractivity contribution is -0.146. The Balaban J connectivity index is 1.49. The first-order chi connectivity index (χ1) is 13.0. The summed E-state index contributed by atoms with van der Waals surface area (Å²) in [6.45, 7) is 3.03. The molecule has 6 heteroatoms. The molecule has 0 aromatic heterocycles. The minimum Gasteiger partial charge on any atom is -0.362 e. The summed E-state index contributed by atoms with van der Waals surface area (Å²) in [5.41, 5.74) is 1.38. The summed E-state index contributed by atoms with van der Waals surface area (Å²) in [6.07, 6.45) is 1.89. The zero-order chi connectivity index (χ0) is 18.9. The molecule has 0 bridgehead atoms. The van der Waals surface area contributed by atoms with Gasteiger partial charge in [-0.2, -0.15) is 0 Å². The molecule has 27 heavy (non-hydrogen) atoms. The molecule has 1 amide bonds. The van der Waals surface area contributed by atoms with Gasteiger partial charge in [0.2, 0.25) is 0 Å². The molecule has 0 radical (unpaired) electrons. The van der Waals surface area contributed by atoms with Crippen molar-refractivity contribution in [3.8, 4) is 0 Å². The highest BCUT2D eigenvalue weighted by atomic mass is 35.5. The second-order valence-corrected chi connectivity index (χ2v) is 7.81. The van der Waals surface area contributed by atoms with Crippen molar-refractivity contribution in [3.05, 3.63) is 64.9 Å². The molecule has 1 atom stereocenters. The Morgan fingerprint density at radius 1 is 1.15 bits per heavy atom. The molecule has 0 aliphatic carbocycles. The number of amides is 1. The van der Waals surface area contributed by atoms with Crippen molar-refractivity contribution in [2.75, 3.05) is 31.1 Å². The predicted octanol–water partition coefficient (Wildman–Crippen LogP) is 3.88. The number of carbonyl (C=O) groups is 1. The van der Waals surface area contributed by atoms with Crippen molar-refractivity contribution in [1.82, 2.24) is 4.90 Å². The number of halogens is 2. The van der Waals surface area contributed by atoms with E-state index in [9.17, 15) is 9.18 Å². The van der Waals surface area contributed by atoms with Gasteiger partial charge < -0.3 is 9.64 Å². The average Bonchev–Trinajstić information content (AvgIpc) is 2.66. The van der Waals surface area contributed by atoms with Gasteiger partial charge in [-0.3, -0.25) is 9.69 Å². The lowest BCUT2D eigenvalue weighted by Gasteiger charge is -2.47. The third kappa shape index (κ3) is 4.15. The van der Waals surface area contributed by atoms with E-state index in [1.54, 1.807) is 17.0 Å². The first-order valence-electron chi connectivity index (χ1n) is 9.20. The summed E-state index contributed by atoms with van der Waals surface area (Å²) in [5.74, 6) is -0.463. The zero-order valence-corrected chi connectivity index (χ0v) is 15.8. The van der Waals surface area contributed by atoms with E-state index < -0.39 is 5.60 Å². The highest BCUT2D eigenvalue weighted by molar-refractivity contribution is 6.30. The maximum Gasteiger partial charge on any atom is 0.253 e. The molecule has 2 aromatic rings. The Labute approximate surface area is 163 Å². The van der Waals surface area contributed by atoms with Crippen molar-refractivity contribution in [2.24, 2.45) is 0 Å². The van der Waals surface area contributed by atoms with Crippen LogP contribution in [0, 0.1) is 5.82 Å². The van der Waals surface area contributed by atoms with Gasteiger partial charge in [-0.15, -0.1) is 0 Å². The number of hydrogen-bond acceptors (Lipinski definition) is 3. The van der Waals surface area contributed by atoms with Gasteiger partial charge in [0.25, 0.3) is 5.91 Å². The number of nitrogens with zero attached hydrogens (tertiary/aromatic N) is 2. The van der Waals surface area contributed by atoms with Crippen LogP contribution in [0.15, 0.2) is 48.5 Å². The third-order valence-electron chi connectivity index (χ3n) is 5.31. The number of likely N-dealkylation sites (tertiary alicyclic amines) is 1. The molecule has 2 aliphatic heterocycles. The van der Waals surface area contributed by atoms with Crippen LogP contribution in [0.1, 0.15) is 18.4 Å². The van der Waals surface area contributed by atoms with Crippen molar-refractivity contribution in [2.45, 2.75) is 25.0 Å². The van der Waals surface area contributed by atoms with E-state index in [1.807, 2.05) is 24.3 Å². The second-order valence-electron chi connectivity index (χ2n) is 7.37. The van der Waals surface area contributed by atoms with E-state index in [-0.39, 0.29) is 18.3 Å². The number of rotatable bonds is 3. The van der Waals surface area contributed by atoms with Crippen molar-refractivity contribution in [1.29, 1.82) is 0 Å². The van der Waals surface area contributed by atoms with E-state index >= 15 is 0 Å². The number of piperidine rings is 1. The smallest absolute Gasteiger partial charge is 0.253 e.